The van der Waals surface area contributed by atoms with Crippen LogP contribution in [0.15, 0.2) is 35.7 Å². The Morgan fingerprint density at radius 3 is 2.53 bits per heavy atom. The summed E-state index contributed by atoms with van der Waals surface area (Å²) >= 11 is 7.68. The highest BCUT2D eigenvalue weighted by molar-refractivity contribution is 7.10. The lowest BCUT2D eigenvalue weighted by molar-refractivity contribution is -0.145. The highest BCUT2D eigenvalue weighted by Crippen LogP contribution is 2.34. The van der Waals surface area contributed by atoms with Crippen molar-refractivity contribution < 1.29 is 14.3 Å². The molecule has 0 saturated heterocycles. The quantitative estimate of drug-likeness (QED) is 0.611. The van der Waals surface area contributed by atoms with Gasteiger partial charge in [-0.1, -0.05) is 25.4 Å². The lowest BCUT2D eigenvalue weighted by Gasteiger charge is -2.38. The third kappa shape index (κ3) is 5.16. The van der Waals surface area contributed by atoms with Crippen LogP contribution in [0.3, 0.4) is 0 Å². The summed E-state index contributed by atoms with van der Waals surface area (Å²) in [6, 6.07) is 9.10. The molecular formula is C23H29ClN2O3S. The van der Waals surface area contributed by atoms with Crippen LogP contribution in [0, 0.1) is 5.92 Å². The van der Waals surface area contributed by atoms with Gasteiger partial charge in [-0.3, -0.25) is 9.59 Å². The average Bonchev–Trinajstić information content (AvgIpc) is 3.19. The molecule has 162 valence electrons. The van der Waals surface area contributed by atoms with Crippen LogP contribution in [0.1, 0.15) is 44.2 Å². The van der Waals surface area contributed by atoms with Gasteiger partial charge in [0, 0.05) is 28.4 Å². The van der Waals surface area contributed by atoms with Crippen molar-refractivity contribution in [3.05, 3.63) is 51.2 Å². The summed E-state index contributed by atoms with van der Waals surface area (Å²) in [6.45, 7) is 8.70. The summed E-state index contributed by atoms with van der Waals surface area (Å²) in [4.78, 5) is 30.7. The minimum absolute atomic E-state index is 0.000506. The van der Waals surface area contributed by atoms with E-state index in [4.69, 9.17) is 16.3 Å². The first-order valence-electron chi connectivity index (χ1n) is 10.3. The van der Waals surface area contributed by atoms with Gasteiger partial charge in [0.25, 0.3) is 0 Å². The number of hydrogen-bond acceptors (Lipinski definition) is 4. The second-order valence-corrected chi connectivity index (χ2v) is 9.57. The fourth-order valence-corrected chi connectivity index (χ4v) is 4.72. The maximum absolute atomic E-state index is 13.3. The van der Waals surface area contributed by atoms with Gasteiger partial charge in [-0.05, 0) is 61.5 Å². The number of ether oxygens (including phenoxy) is 1. The first kappa shape index (κ1) is 22.6. The molecule has 1 aromatic heterocycles. The Morgan fingerprint density at radius 2 is 1.90 bits per heavy atom. The largest absolute Gasteiger partial charge is 0.491 e. The number of nitrogens with zero attached hydrogens (tertiary/aromatic N) is 2. The van der Waals surface area contributed by atoms with Crippen LogP contribution in [0.2, 0.25) is 5.02 Å². The smallest absolute Gasteiger partial charge is 0.242 e. The third-order valence-corrected chi connectivity index (χ3v) is 6.59. The fourth-order valence-electron chi connectivity index (χ4n) is 3.66. The molecule has 0 saturated carbocycles. The Kier molecular flexibility index (Phi) is 7.42. The van der Waals surface area contributed by atoms with Gasteiger partial charge in [-0.15, -0.1) is 11.3 Å². The summed E-state index contributed by atoms with van der Waals surface area (Å²) in [7, 11) is 0. The summed E-state index contributed by atoms with van der Waals surface area (Å²) in [6.07, 6.45) is 0.829. The highest BCUT2D eigenvalue weighted by Gasteiger charge is 2.34. The minimum atomic E-state index is -0.175. The van der Waals surface area contributed by atoms with Gasteiger partial charge in [-0.2, -0.15) is 0 Å². The van der Waals surface area contributed by atoms with E-state index in [0.717, 1.165) is 12.0 Å². The number of benzene rings is 1. The topological polar surface area (TPSA) is 49.9 Å². The predicted molar refractivity (Wildman–Crippen MR) is 121 cm³/mol. The fraction of sp³-hybridized carbons (Fsp3) is 0.478. The van der Waals surface area contributed by atoms with E-state index in [1.807, 2.05) is 44.7 Å². The molecule has 0 spiro atoms. The molecule has 0 unspecified atom stereocenters. The molecule has 7 heteroatoms. The number of amides is 2. The Balaban J connectivity index is 1.78. The van der Waals surface area contributed by atoms with Crippen LogP contribution in [0.4, 0.5) is 0 Å². The van der Waals surface area contributed by atoms with Crippen LogP contribution in [-0.4, -0.2) is 47.4 Å². The number of fused-ring (bicyclic) bond motifs is 1. The zero-order valence-electron chi connectivity index (χ0n) is 17.9. The van der Waals surface area contributed by atoms with Crippen molar-refractivity contribution >= 4 is 34.8 Å². The SMILES string of the molecule is CC(C)C(=O)N(CC(=O)N1CCc2sccc2[C@@H]1COc1ccc(Cl)cc1)C(C)C. The van der Waals surface area contributed by atoms with Gasteiger partial charge in [-0.25, -0.2) is 0 Å². The van der Waals surface area contributed by atoms with Crippen molar-refractivity contribution in [2.45, 2.75) is 46.2 Å². The lowest BCUT2D eigenvalue weighted by Crippen LogP contribution is -2.50. The standard InChI is InChI=1S/C23H29ClN2O3S/c1-15(2)23(28)26(16(3)4)13-22(27)25-11-9-21-19(10-12-30-21)20(25)14-29-18-7-5-17(24)6-8-18/h5-8,10,12,15-16,20H,9,11,13-14H2,1-4H3/t20-/m0/s1. The molecule has 2 aromatic rings. The highest BCUT2D eigenvalue weighted by atomic mass is 35.5. The first-order valence-corrected chi connectivity index (χ1v) is 11.6. The Labute approximate surface area is 187 Å². The van der Waals surface area contributed by atoms with E-state index in [-0.39, 0.29) is 36.4 Å². The van der Waals surface area contributed by atoms with E-state index in [1.165, 1.54) is 4.88 Å². The number of hydrogen-bond donors (Lipinski definition) is 0. The number of halogens is 1. The number of carbonyl (C=O) groups is 2. The van der Waals surface area contributed by atoms with Crippen molar-refractivity contribution in [1.82, 2.24) is 9.80 Å². The zero-order valence-corrected chi connectivity index (χ0v) is 19.5. The average molecular weight is 449 g/mol. The van der Waals surface area contributed by atoms with Crippen LogP contribution < -0.4 is 4.74 Å². The Morgan fingerprint density at radius 1 is 1.20 bits per heavy atom. The molecule has 1 aliphatic rings. The molecule has 3 rings (SSSR count). The van der Waals surface area contributed by atoms with Crippen molar-refractivity contribution in [2.75, 3.05) is 19.7 Å². The van der Waals surface area contributed by atoms with Gasteiger partial charge in [0.2, 0.25) is 11.8 Å². The second kappa shape index (κ2) is 9.84. The van der Waals surface area contributed by atoms with Crippen LogP contribution >= 0.6 is 22.9 Å². The second-order valence-electron chi connectivity index (χ2n) is 8.13. The van der Waals surface area contributed by atoms with E-state index >= 15 is 0 Å². The van der Waals surface area contributed by atoms with E-state index < -0.39 is 0 Å². The molecule has 2 heterocycles. The molecule has 1 aliphatic heterocycles. The van der Waals surface area contributed by atoms with Crippen LogP contribution in [-0.2, 0) is 16.0 Å². The molecular weight excluding hydrogens is 420 g/mol. The molecule has 0 N–H and O–H groups in total. The number of carbonyl (C=O) groups excluding carboxylic acids is 2. The molecule has 0 bridgehead atoms. The molecule has 30 heavy (non-hydrogen) atoms. The van der Waals surface area contributed by atoms with Crippen molar-refractivity contribution in [1.29, 1.82) is 0 Å². The van der Waals surface area contributed by atoms with E-state index in [9.17, 15) is 9.59 Å². The van der Waals surface area contributed by atoms with Crippen LogP contribution in [0.25, 0.3) is 0 Å². The maximum Gasteiger partial charge on any atom is 0.242 e. The van der Waals surface area contributed by atoms with Crippen molar-refractivity contribution in [3.63, 3.8) is 0 Å². The normalized spacial score (nSPS) is 16.0. The summed E-state index contributed by atoms with van der Waals surface area (Å²) < 4.78 is 6.02. The third-order valence-electron chi connectivity index (χ3n) is 5.34. The maximum atomic E-state index is 13.3. The van der Waals surface area contributed by atoms with Gasteiger partial charge in [0.15, 0.2) is 0 Å². The first-order chi connectivity index (χ1) is 14.3. The lowest BCUT2D eigenvalue weighted by atomic mass is 10.00. The summed E-state index contributed by atoms with van der Waals surface area (Å²) in [5, 5.41) is 2.72. The van der Waals surface area contributed by atoms with Crippen molar-refractivity contribution in [3.8, 4) is 5.75 Å². The number of rotatable bonds is 7. The molecule has 2 amide bonds. The minimum Gasteiger partial charge on any atom is -0.491 e. The Bertz CT molecular complexity index is 879. The van der Waals surface area contributed by atoms with E-state index in [2.05, 4.69) is 11.4 Å². The predicted octanol–water partition coefficient (Wildman–Crippen LogP) is 4.80. The molecule has 1 aromatic carbocycles. The number of thiophene rings is 1. The van der Waals surface area contributed by atoms with E-state index in [0.29, 0.717) is 23.9 Å². The zero-order chi connectivity index (χ0) is 21.8. The van der Waals surface area contributed by atoms with Crippen LogP contribution in [0.5, 0.6) is 5.75 Å². The molecule has 1 atom stereocenters. The van der Waals surface area contributed by atoms with Gasteiger partial charge in [0.05, 0.1) is 6.04 Å². The molecule has 0 fully saturated rings. The Hall–Kier alpha value is -2.05. The molecule has 0 radical (unpaired) electrons. The molecule has 5 nitrogen and oxygen atoms in total. The van der Waals surface area contributed by atoms with E-state index in [1.54, 1.807) is 28.4 Å². The molecule has 0 aliphatic carbocycles. The van der Waals surface area contributed by atoms with Gasteiger partial charge in [0.1, 0.15) is 18.9 Å². The monoisotopic (exact) mass is 448 g/mol. The van der Waals surface area contributed by atoms with Crippen molar-refractivity contribution in [2.24, 2.45) is 5.92 Å². The van der Waals surface area contributed by atoms with Gasteiger partial charge >= 0.3 is 0 Å². The van der Waals surface area contributed by atoms with Gasteiger partial charge < -0.3 is 14.5 Å². The summed E-state index contributed by atoms with van der Waals surface area (Å²) in [5.41, 5.74) is 1.14. The summed E-state index contributed by atoms with van der Waals surface area (Å²) in [5.74, 6) is 0.529.